The smallest absolute Gasteiger partial charge is 0.331 e. The van der Waals surface area contributed by atoms with E-state index in [-0.39, 0.29) is 10.4 Å². The third-order valence-corrected chi connectivity index (χ3v) is 2.50. The molecule has 0 aliphatic heterocycles. The first-order valence-corrected chi connectivity index (χ1v) is 6.42. The van der Waals surface area contributed by atoms with Crippen LogP contribution >= 0.6 is 15.9 Å². The Labute approximate surface area is 106 Å². The lowest BCUT2D eigenvalue weighted by atomic mass is 9.98. The SMILES string of the molecule is CCOC(C)(C)CCC(=CC(C)Br)C(=O)O. The predicted octanol–water partition coefficient (Wildman–Crippen LogP) is 3.38. The summed E-state index contributed by atoms with van der Waals surface area (Å²) >= 11 is 3.32. The van der Waals surface area contributed by atoms with Crippen molar-refractivity contribution < 1.29 is 14.6 Å². The van der Waals surface area contributed by atoms with Crippen LogP contribution in [-0.4, -0.2) is 28.1 Å². The standard InChI is InChI=1S/C12H21BrO3/c1-5-16-12(3,4)7-6-10(11(14)15)8-9(2)13/h8-9H,5-7H2,1-4H3,(H,14,15). The molecule has 0 amide bonds. The summed E-state index contributed by atoms with van der Waals surface area (Å²) in [4.78, 5) is 11.1. The lowest BCUT2D eigenvalue weighted by Gasteiger charge is -2.24. The summed E-state index contributed by atoms with van der Waals surface area (Å²) in [5, 5.41) is 9.02. The monoisotopic (exact) mass is 292 g/mol. The van der Waals surface area contributed by atoms with Crippen LogP contribution in [0.25, 0.3) is 0 Å². The predicted molar refractivity (Wildman–Crippen MR) is 69.0 cm³/mol. The average Bonchev–Trinajstić information content (AvgIpc) is 2.11. The molecule has 0 heterocycles. The van der Waals surface area contributed by atoms with E-state index in [1.807, 2.05) is 27.7 Å². The van der Waals surface area contributed by atoms with Gasteiger partial charge in [-0.1, -0.05) is 22.0 Å². The molecule has 0 fully saturated rings. The summed E-state index contributed by atoms with van der Waals surface area (Å²) in [7, 11) is 0. The number of carboxylic acid groups (broad SMARTS) is 1. The van der Waals surface area contributed by atoms with E-state index < -0.39 is 5.97 Å². The van der Waals surface area contributed by atoms with Crippen LogP contribution < -0.4 is 0 Å². The van der Waals surface area contributed by atoms with Crippen molar-refractivity contribution in [3.05, 3.63) is 11.6 Å². The number of rotatable bonds is 7. The molecule has 0 aromatic heterocycles. The Morgan fingerprint density at radius 3 is 2.50 bits per heavy atom. The van der Waals surface area contributed by atoms with Gasteiger partial charge >= 0.3 is 5.97 Å². The number of alkyl halides is 1. The lowest BCUT2D eigenvalue weighted by Crippen LogP contribution is -2.25. The summed E-state index contributed by atoms with van der Waals surface area (Å²) in [5.74, 6) is -0.849. The van der Waals surface area contributed by atoms with Crippen LogP contribution in [0.5, 0.6) is 0 Å². The second kappa shape index (κ2) is 7.07. The quantitative estimate of drug-likeness (QED) is 0.578. The number of carbonyl (C=O) groups is 1. The summed E-state index contributed by atoms with van der Waals surface area (Å²) < 4.78 is 5.53. The van der Waals surface area contributed by atoms with Gasteiger partial charge in [-0.2, -0.15) is 0 Å². The Balaban J connectivity index is 4.39. The van der Waals surface area contributed by atoms with Gasteiger partial charge in [0.1, 0.15) is 0 Å². The van der Waals surface area contributed by atoms with Crippen LogP contribution in [0.1, 0.15) is 40.5 Å². The van der Waals surface area contributed by atoms with E-state index in [1.54, 1.807) is 6.08 Å². The second-order valence-electron chi connectivity index (χ2n) is 4.37. The Bertz CT molecular complexity index is 257. The highest BCUT2D eigenvalue weighted by Crippen LogP contribution is 2.21. The Hall–Kier alpha value is -0.350. The van der Waals surface area contributed by atoms with Crippen LogP contribution in [0.2, 0.25) is 0 Å². The minimum atomic E-state index is -0.849. The summed E-state index contributed by atoms with van der Waals surface area (Å²) in [5.41, 5.74) is 0.177. The Morgan fingerprint density at radius 1 is 1.56 bits per heavy atom. The molecule has 16 heavy (non-hydrogen) atoms. The number of carboxylic acids is 1. The third-order valence-electron chi connectivity index (χ3n) is 2.24. The largest absolute Gasteiger partial charge is 0.478 e. The van der Waals surface area contributed by atoms with Gasteiger partial charge in [0, 0.05) is 17.0 Å². The van der Waals surface area contributed by atoms with Gasteiger partial charge in [-0.3, -0.25) is 0 Å². The van der Waals surface area contributed by atoms with E-state index in [0.29, 0.717) is 25.0 Å². The van der Waals surface area contributed by atoms with Gasteiger partial charge in [-0.15, -0.1) is 0 Å². The fraction of sp³-hybridized carbons (Fsp3) is 0.750. The fourth-order valence-corrected chi connectivity index (χ4v) is 1.76. The van der Waals surface area contributed by atoms with Gasteiger partial charge in [-0.25, -0.2) is 4.79 Å². The van der Waals surface area contributed by atoms with Gasteiger partial charge < -0.3 is 9.84 Å². The molecule has 3 nitrogen and oxygen atoms in total. The zero-order valence-corrected chi connectivity index (χ0v) is 12.0. The van der Waals surface area contributed by atoms with Gasteiger partial charge in [0.05, 0.1) is 5.60 Å². The maximum Gasteiger partial charge on any atom is 0.331 e. The van der Waals surface area contributed by atoms with Gasteiger partial charge in [0.2, 0.25) is 0 Å². The maximum atomic E-state index is 11.0. The Kier molecular flexibility index (Phi) is 6.91. The molecule has 0 saturated carbocycles. The van der Waals surface area contributed by atoms with E-state index in [4.69, 9.17) is 9.84 Å². The molecule has 94 valence electrons. The molecule has 0 spiro atoms. The van der Waals surface area contributed by atoms with Crippen LogP contribution in [0.4, 0.5) is 0 Å². The fourth-order valence-electron chi connectivity index (χ4n) is 1.44. The Morgan fingerprint density at radius 2 is 2.12 bits per heavy atom. The van der Waals surface area contributed by atoms with Crippen LogP contribution in [0.15, 0.2) is 11.6 Å². The molecule has 0 saturated heterocycles. The zero-order valence-electron chi connectivity index (χ0n) is 10.4. The van der Waals surface area contributed by atoms with Gasteiger partial charge in [0.15, 0.2) is 0 Å². The molecular formula is C12H21BrO3. The van der Waals surface area contributed by atoms with E-state index >= 15 is 0 Å². The minimum Gasteiger partial charge on any atom is -0.478 e. The van der Waals surface area contributed by atoms with Crippen molar-refractivity contribution >= 4 is 21.9 Å². The summed E-state index contributed by atoms with van der Waals surface area (Å²) in [6.45, 7) is 8.45. The molecule has 0 aromatic carbocycles. The van der Waals surface area contributed by atoms with Crippen LogP contribution in [0, 0.1) is 0 Å². The number of hydrogen-bond acceptors (Lipinski definition) is 2. The number of ether oxygens (including phenoxy) is 1. The number of aliphatic carboxylic acids is 1. The van der Waals surface area contributed by atoms with Gasteiger partial charge in [0.25, 0.3) is 0 Å². The van der Waals surface area contributed by atoms with Crippen molar-refractivity contribution in [1.29, 1.82) is 0 Å². The molecule has 1 unspecified atom stereocenters. The molecular weight excluding hydrogens is 272 g/mol. The second-order valence-corrected chi connectivity index (χ2v) is 5.81. The van der Waals surface area contributed by atoms with Crippen molar-refractivity contribution in [3.63, 3.8) is 0 Å². The summed E-state index contributed by atoms with van der Waals surface area (Å²) in [6.07, 6.45) is 2.96. The van der Waals surface area contributed by atoms with E-state index in [0.717, 1.165) is 0 Å². The summed E-state index contributed by atoms with van der Waals surface area (Å²) in [6, 6.07) is 0. The van der Waals surface area contributed by atoms with Crippen LogP contribution in [-0.2, 0) is 9.53 Å². The molecule has 0 aliphatic carbocycles. The minimum absolute atomic E-state index is 0.0776. The number of halogens is 1. The molecule has 1 N–H and O–H groups in total. The normalized spacial score (nSPS) is 14.9. The molecule has 0 bridgehead atoms. The van der Waals surface area contributed by atoms with Crippen molar-refractivity contribution in [2.45, 2.75) is 51.0 Å². The number of hydrogen-bond donors (Lipinski definition) is 1. The lowest BCUT2D eigenvalue weighted by molar-refractivity contribution is -0.132. The highest BCUT2D eigenvalue weighted by Gasteiger charge is 2.20. The van der Waals surface area contributed by atoms with Gasteiger partial charge in [-0.05, 0) is 40.5 Å². The molecule has 4 heteroatoms. The highest BCUT2D eigenvalue weighted by atomic mass is 79.9. The van der Waals surface area contributed by atoms with Crippen LogP contribution in [0.3, 0.4) is 0 Å². The number of allylic oxidation sites excluding steroid dienone is 1. The van der Waals surface area contributed by atoms with Crippen molar-refractivity contribution in [3.8, 4) is 0 Å². The first-order valence-electron chi connectivity index (χ1n) is 5.50. The van der Waals surface area contributed by atoms with Crippen molar-refractivity contribution in [1.82, 2.24) is 0 Å². The maximum absolute atomic E-state index is 11.0. The van der Waals surface area contributed by atoms with E-state index in [1.165, 1.54) is 0 Å². The third kappa shape index (κ3) is 7.01. The van der Waals surface area contributed by atoms with Crippen molar-refractivity contribution in [2.75, 3.05) is 6.61 Å². The topological polar surface area (TPSA) is 46.5 Å². The zero-order chi connectivity index (χ0) is 12.8. The molecule has 1 atom stereocenters. The first-order chi connectivity index (χ1) is 7.28. The average molecular weight is 293 g/mol. The molecule has 0 aromatic rings. The first kappa shape index (κ1) is 15.7. The van der Waals surface area contributed by atoms with E-state index in [9.17, 15) is 4.79 Å². The molecule has 0 aliphatic rings. The molecule has 0 radical (unpaired) electrons. The molecule has 0 rings (SSSR count). The highest BCUT2D eigenvalue weighted by molar-refractivity contribution is 9.09. The van der Waals surface area contributed by atoms with E-state index in [2.05, 4.69) is 15.9 Å². The van der Waals surface area contributed by atoms with Crippen molar-refractivity contribution in [2.24, 2.45) is 0 Å².